The molecule has 0 unspecified atom stereocenters. The first-order valence-corrected chi connectivity index (χ1v) is 10.7. The van der Waals surface area contributed by atoms with Crippen LogP contribution in [0.15, 0.2) is 60.9 Å². The minimum atomic E-state index is -0.500. The smallest absolute Gasteiger partial charge is 0.353 e. The second-order valence-electron chi connectivity index (χ2n) is 7.48. The summed E-state index contributed by atoms with van der Waals surface area (Å²) in [7, 11) is 0. The number of rotatable bonds is 9. The summed E-state index contributed by atoms with van der Waals surface area (Å²) < 4.78 is 5.66. The number of pyridine rings is 1. The summed E-state index contributed by atoms with van der Waals surface area (Å²) in [5, 5.41) is 18.9. The van der Waals surface area contributed by atoms with E-state index in [1.807, 2.05) is 49.4 Å². The molecular weight excluding hydrogens is 420 g/mol. The molecule has 0 saturated heterocycles. The zero-order valence-corrected chi connectivity index (χ0v) is 18.4. The second kappa shape index (κ2) is 9.90. The van der Waals surface area contributed by atoms with E-state index in [1.54, 1.807) is 12.1 Å². The lowest BCUT2D eigenvalue weighted by atomic mass is 10.1. The minimum Gasteiger partial charge on any atom is -0.494 e. The molecule has 4 aromatic rings. The van der Waals surface area contributed by atoms with Crippen molar-refractivity contribution in [2.75, 3.05) is 17.2 Å². The van der Waals surface area contributed by atoms with Gasteiger partial charge < -0.3 is 15.4 Å². The molecule has 9 heteroatoms. The van der Waals surface area contributed by atoms with Gasteiger partial charge in [-0.1, -0.05) is 19.4 Å². The molecule has 33 heavy (non-hydrogen) atoms. The Bertz CT molecular complexity index is 1280. The monoisotopic (exact) mass is 444 g/mol. The quantitative estimate of drug-likeness (QED) is 0.186. The highest BCUT2D eigenvalue weighted by molar-refractivity contribution is 5.94. The van der Waals surface area contributed by atoms with Gasteiger partial charge in [0.2, 0.25) is 11.6 Å². The largest absolute Gasteiger partial charge is 0.494 e. The molecular formula is C24H24N6O3. The van der Waals surface area contributed by atoms with Crippen molar-refractivity contribution >= 4 is 39.6 Å². The van der Waals surface area contributed by atoms with Gasteiger partial charge in [-0.3, -0.25) is 15.1 Å². The molecule has 2 N–H and O–H groups in total. The summed E-state index contributed by atoms with van der Waals surface area (Å²) in [6.45, 7) is 4.67. The van der Waals surface area contributed by atoms with Gasteiger partial charge in [-0.25, -0.2) is 9.97 Å². The summed E-state index contributed by atoms with van der Waals surface area (Å²) in [6.07, 6.45) is 3.32. The molecule has 0 aliphatic rings. The molecule has 4 rings (SSSR count). The van der Waals surface area contributed by atoms with Crippen LogP contribution in [-0.4, -0.2) is 26.5 Å². The molecule has 0 saturated carbocycles. The molecule has 2 aromatic heterocycles. The zero-order valence-electron chi connectivity index (χ0n) is 18.4. The summed E-state index contributed by atoms with van der Waals surface area (Å²) in [6, 6.07) is 16.6. The highest BCUT2D eigenvalue weighted by Gasteiger charge is 2.24. The topological polar surface area (TPSA) is 115 Å². The number of anilines is 4. The number of hydrogen-bond acceptors (Lipinski definition) is 8. The normalized spacial score (nSPS) is 10.7. The third-order valence-corrected chi connectivity index (χ3v) is 5.01. The molecule has 2 heterocycles. The fourth-order valence-corrected chi connectivity index (χ4v) is 3.33. The number of ether oxygens (including phenoxy) is 1. The molecule has 2 aromatic carbocycles. The van der Waals surface area contributed by atoms with Crippen molar-refractivity contribution in [3.05, 3.63) is 76.7 Å². The fraction of sp³-hybridized carbons (Fsp3) is 0.208. The van der Waals surface area contributed by atoms with Crippen molar-refractivity contribution in [2.45, 2.75) is 26.7 Å². The Morgan fingerprint density at radius 1 is 1.00 bits per heavy atom. The van der Waals surface area contributed by atoms with Gasteiger partial charge in [0.25, 0.3) is 0 Å². The van der Waals surface area contributed by atoms with Crippen LogP contribution in [0.2, 0.25) is 0 Å². The van der Waals surface area contributed by atoms with Crippen LogP contribution in [0.3, 0.4) is 0 Å². The molecule has 0 fully saturated rings. The summed E-state index contributed by atoms with van der Waals surface area (Å²) >= 11 is 0. The van der Waals surface area contributed by atoms with E-state index in [1.165, 1.54) is 6.33 Å². The zero-order chi connectivity index (χ0) is 23.2. The maximum absolute atomic E-state index is 11.9. The highest BCUT2D eigenvalue weighted by Crippen LogP contribution is 2.35. The van der Waals surface area contributed by atoms with Crippen LogP contribution in [0, 0.1) is 17.0 Å². The van der Waals surface area contributed by atoms with E-state index in [-0.39, 0.29) is 17.3 Å². The number of benzene rings is 2. The van der Waals surface area contributed by atoms with Crippen LogP contribution in [0.1, 0.15) is 25.5 Å². The number of nitrogens with zero attached hydrogens (tertiary/aromatic N) is 4. The fourth-order valence-electron chi connectivity index (χ4n) is 3.33. The van der Waals surface area contributed by atoms with Crippen LogP contribution in [0.5, 0.6) is 5.75 Å². The summed E-state index contributed by atoms with van der Waals surface area (Å²) in [4.78, 5) is 24.2. The Balaban J connectivity index is 1.61. The molecule has 0 radical (unpaired) electrons. The van der Waals surface area contributed by atoms with Gasteiger partial charge in [-0.15, -0.1) is 0 Å². The van der Waals surface area contributed by atoms with Crippen LogP contribution in [0.4, 0.5) is 28.7 Å². The standard InChI is InChI=1S/C24H24N6O3/c1-3-4-14-33-18-11-9-17(10-12-18)28-23-22(30(31)32)24(26-15-25-23)29-21-7-5-6-20-19(21)13-8-16(2)27-20/h5-13,15H,3-4,14H2,1-2H3,(H2,25,26,28,29). The van der Waals surface area contributed by atoms with E-state index in [0.717, 1.165) is 35.2 Å². The Kier molecular flexibility index (Phi) is 6.58. The van der Waals surface area contributed by atoms with Crippen molar-refractivity contribution in [1.82, 2.24) is 15.0 Å². The van der Waals surface area contributed by atoms with E-state index < -0.39 is 4.92 Å². The molecule has 0 spiro atoms. The van der Waals surface area contributed by atoms with Gasteiger partial charge in [0, 0.05) is 22.5 Å². The Hall–Kier alpha value is -4.27. The molecule has 168 valence electrons. The third-order valence-electron chi connectivity index (χ3n) is 5.01. The van der Waals surface area contributed by atoms with E-state index in [0.29, 0.717) is 18.0 Å². The SMILES string of the molecule is CCCCOc1ccc(Nc2ncnc(Nc3cccc4nc(C)ccc34)c2[N+](=O)[O-])cc1. The Labute approximate surface area is 191 Å². The number of nitrogens with one attached hydrogen (secondary N) is 2. The van der Waals surface area contributed by atoms with Crippen molar-refractivity contribution in [2.24, 2.45) is 0 Å². The molecule has 9 nitrogen and oxygen atoms in total. The molecule has 0 aliphatic heterocycles. The van der Waals surface area contributed by atoms with Gasteiger partial charge in [0.05, 0.1) is 17.0 Å². The maximum Gasteiger partial charge on any atom is 0.353 e. The predicted octanol–water partition coefficient (Wildman–Crippen LogP) is 5.91. The van der Waals surface area contributed by atoms with E-state index >= 15 is 0 Å². The lowest BCUT2D eigenvalue weighted by molar-refractivity contribution is -0.383. The number of fused-ring (bicyclic) bond motifs is 1. The van der Waals surface area contributed by atoms with E-state index in [4.69, 9.17) is 4.74 Å². The average Bonchev–Trinajstić information content (AvgIpc) is 2.80. The third kappa shape index (κ3) is 5.15. The molecule has 0 bridgehead atoms. The van der Waals surface area contributed by atoms with Crippen molar-refractivity contribution in [3.63, 3.8) is 0 Å². The number of nitro groups is 1. The number of aromatic nitrogens is 3. The van der Waals surface area contributed by atoms with Gasteiger partial charge >= 0.3 is 5.69 Å². The van der Waals surface area contributed by atoms with E-state index in [9.17, 15) is 10.1 Å². The summed E-state index contributed by atoms with van der Waals surface area (Å²) in [5.41, 5.74) is 2.74. The maximum atomic E-state index is 11.9. The number of aryl methyl sites for hydroxylation is 1. The first kappa shape index (κ1) is 21.9. The average molecular weight is 444 g/mol. The first-order chi connectivity index (χ1) is 16.0. The van der Waals surface area contributed by atoms with Gasteiger partial charge in [-0.05, 0) is 61.9 Å². The lowest BCUT2D eigenvalue weighted by Crippen LogP contribution is -2.06. The Morgan fingerprint density at radius 2 is 1.76 bits per heavy atom. The first-order valence-electron chi connectivity index (χ1n) is 10.7. The molecule has 0 aliphatic carbocycles. The predicted molar refractivity (Wildman–Crippen MR) is 129 cm³/mol. The van der Waals surface area contributed by atoms with Crippen molar-refractivity contribution < 1.29 is 9.66 Å². The van der Waals surface area contributed by atoms with Crippen LogP contribution >= 0.6 is 0 Å². The van der Waals surface area contributed by atoms with Crippen LogP contribution < -0.4 is 15.4 Å². The van der Waals surface area contributed by atoms with Crippen LogP contribution in [-0.2, 0) is 0 Å². The Morgan fingerprint density at radius 3 is 2.48 bits per heavy atom. The molecule has 0 atom stereocenters. The lowest BCUT2D eigenvalue weighted by Gasteiger charge is -2.12. The van der Waals surface area contributed by atoms with Gasteiger partial charge in [0.1, 0.15) is 12.1 Å². The van der Waals surface area contributed by atoms with Gasteiger partial charge in [0.15, 0.2) is 0 Å². The minimum absolute atomic E-state index is 0.0881. The number of hydrogen-bond donors (Lipinski definition) is 2. The van der Waals surface area contributed by atoms with Crippen LogP contribution in [0.25, 0.3) is 10.9 Å². The molecule has 0 amide bonds. The van der Waals surface area contributed by atoms with Crippen molar-refractivity contribution in [1.29, 1.82) is 0 Å². The highest BCUT2D eigenvalue weighted by atomic mass is 16.6. The second-order valence-corrected chi connectivity index (χ2v) is 7.48. The van der Waals surface area contributed by atoms with Gasteiger partial charge in [-0.2, -0.15) is 0 Å². The van der Waals surface area contributed by atoms with E-state index in [2.05, 4.69) is 32.5 Å². The summed E-state index contributed by atoms with van der Waals surface area (Å²) in [5.74, 6) is 0.921. The number of unbranched alkanes of at least 4 members (excludes halogenated alkanes) is 1. The van der Waals surface area contributed by atoms with Crippen molar-refractivity contribution in [3.8, 4) is 5.75 Å².